The van der Waals surface area contributed by atoms with Gasteiger partial charge in [0, 0.05) is 10.9 Å². The molecular weight excluding hydrogens is 272 g/mol. The Balaban J connectivity index is 1.97. The normalized spacial score (nSPS) is 20.8. The second-order valence-corrected chi connectivity index (χ2v) is 6.45. The van der Waals surface area contributed by atoms with Crippen molar-refractivity contribution < 1.29 is 0 Å². The maximum absolute atomic E-state index is 3.83. The van der Waals surface area contributed by atoms with Gasteiger partial charge in [0.2, 0.25) is 0 Å². The second-order valence-electron chi connectivity index (χ2n) is 5.49. The maximum Gasteiger partial charge on any atom is 0.00499 e. The van der Waals surface area contributed by atoms with Crippen molar-refractivity contribution in [1.29, 1.82) is 0 Å². The topological polar surface area (TPSA) is 0 Å². The van der Waals surface area contributed by atoms with Crippen LogP contribution in [0.25, 0.3) is 5.57 Å². The number of halogens is 1. The fourth-order valence-electron chi connectivity index (χ4n) is 3.37. The van der Waals surface area contributed by atoms with E-state index in [-0.39, 0.29) is 0 Å². The average Bonchev–Trinajstić information content (AvgIpc) is 2.65. The summed E-state index contributed by atoms with van der Waals surface area (Å²) in [5, 5.41) is 0. The Kier molecular flexibility index (Phi) is 3.12. The third-order valence-electron chi connectivity index (χ3n) is 4.20. The zero-order valence-electron chi connectivity index (χ0n) is 10.4. The molecule has 0 nitrogen and oxygen atoms in total. The van der Waals surface area contributed by atoms with Crippen LogP contribution in [0.2, 0.25) is 0 Å². The Morgan fingerprint density at radius 1 is 1.12 bits per heavy atom. The van der Waals surface area contributed by atoms with Crippen molar-refractivity contribution in [2.24, 2.45) is 5.92 Å². The highest BCUT2D eigenvalue weighted by Gasteiger charge is 2.27. The molecule has 0 unspecified atom stereocenters. The first-order chi connectivity index (χ1) is 8.25. The van der Waals surface area contributed by atoms with E-state index in [1.54, 1.807) is 5.57 Å². The van der Waals surface area contributed by atoms with Crippen LogP contribution in [0.4, 0.5) is 0 Å². The van der Waals surface area contributed by atoms with Gasteiger partial charge in [0.25, 0.3) is 0 Å². The van der Waals surface area contributed by atoms with Crippen LogP contribution >= 0.6 is 15.9 Å². The number of hydrogen-bond donors (Lipinski definition) is 0. The van der Waals surface area contributed by atoms with Crippen molar-refractivity contribution in [2.75, 3.05) is 0 Å². The molecule has 3 rings (SSSR count). The van der Waals surface area contributed by atoms with Crippen molar-refractivity contribution in [1.82, 2.24) is 0 Å². The summed E-state index contributed by atoms with van der Waals surface area (Å²) in [5.41, 5.74) is 6.06. The average molecular weight is 291 g/mol. The van der Waals surface area contributed by atoms with E-state index in [1.165, 1.54) is 53.3 Å². The van der Waals surface area contributed by atoms with Gasteiger partial charge in [0.1, 0.15) is 0 Å². The van der Waals surface area contributed by atoms with Gasteiger partial charge < -0.3 is 0 Å². The van der Waals surface area contributed by atoms with Crippen LogP contribution in [0.5, 0.6) is 0 Å². The van der Waals surface area contributed by atoms with E-state index < -0.39 is 0 Å². The summed E-state index contributed by atoms with van der Waals surface area (Å²) in [5.74, 6) is 0.807. The number of rotatable bonds is 1. The molecule has 90 valence electrons. The zero-order valence-corrected chi connectivity index (χ0v) is 12.0. The first kappa shape index (κ1) is 11.5. The molecule has 0 bridgehead atoms. The fraction of sp³-hybridized carbons (Fsp3) is 0.500. The van der Waals surface area contributed by atoms with Gasteiger partial charge in [0.05, 0.1) is 0 Å². The van der Waals surface area contributed by atoms with Gasteiger partial charge in [-0.25, -0.2) is 0 Å². The van der Waals surface area contributed by atoms with Crippen molar-refractivity contribution in [3.8, 4) is 0 Å². The third-order valence-corrected chi connectivity index (χ3v) is 4.91. The Bertz CT molecular complexity index is 464. The molecule has 17 heavy (non-hydrogen) atoms. The van der Waals surface area contributed by atoms with Crippen LogP contribution < -0.4 is 0 Å². The van der Waals surface area contributed by atoms with Gasteiger partial charge in [-0.2, -0.15) is 0 Å². The Labute approximate surface area is 112 Å². The van der Waals surface area contributed by atoms with E-state index in [0.29, 0.717) is 0 Å². The van der Waals surface area contributed by atoms with E-state index >= 15 is 0 Å². The maximum atomic E-state index is 3.83. The minimum atomic E-state index is 0.807. The summed E-state index contributed by atoms with van der Waals surface area (Å²) in [6, 6.07) is 6.95. The van der Waals surface area contributed by atoms with Crippen molar-refractivity contribution in [2.45, 2.75) is 45.4 Å². The van der Waals surface area contributed by atoms with Gasteiger partial charge in [0.15, 0.2) is 0 Å². The van der Waals surface area contributed by atoms with E-state index in [2.05, 4.69) is 41.1 Å². The van der Waals surface area contributed by atoms with E-state index in [4.69, 9.17) is 0 Å². The lowest BCUT2D eigenvalue weighted by molar-refractivity contribution is 0.429. The molecule has 0 aliphatic heterocycles. The molecule has 1 saturated carbocycles. The van der Waals surface area contributed by atoms with Crippen LogP contribution in [0.1, 0.15) is 48.8 Å². The SMILES string of the molecule is Cc1ccc2c(c1)CC(Br)=C2C1CCCCC1. The minimum Gasteiger partial charge on any atom is -0.0587 e. The van der Waals surface area contributed by atoms with Gasteiger partial charge in [-0.3, -0.25) is 0 Å². The zero-order chi connectivity index (χ0) is 11.8. The number of fused-ring (bicyclic) bond motifs is 1. The lowest BCUT2D eigenvalue weighted by Gasteiger charge is -2.24. The number of benzene rings is 1. The number of hydrogen-bond acceptors (Lipinski definition) is 0. The quantitative estimate of drug-likeness (QED) is 0.664. The van der Waals surface area contributed by atoms with E-state index in [1.807, 2.05) is 0 Å². The Hall–Kier alpha value is -0.560. The minimum absolute atomic E-state index is 0.807. The van der Waals surface area contributed by atoms with Crippen LogP contribution in [0.3, 0.4) is 0 Å². The fourth-order valence-corrected chi connectivity index (χ4v) is 4.21. The molecule has 1 fully saturated rings. The summed E-state index contributed by atoms with van der Waals surface area (Å²) in [6.07, 6.45) is 8.14. The molecule has 0 amide bonds. The highest BCUT2D eigenvalue weighted by atomic mass is 79.9. The Morgan fingerprint density at radius 2 is 1.88 bits per heavy atom. The molecule has 0 atom stereocenters. The van der Waals surface area contributed by atoms with Gasteiger partial charge in [-0.15, -0.1) is 0 Å². The van der Waals surface area contributed by atoms with Crippen LogP contribution in [-0.4, -0.2) is 0 Å². The molecule has 0 N–H and O–H groups in total. The second kappa shape index (κ2) is 4.61. The summed E-state index contributed by atoms with van der Waals surface area (Å²) in [6.45, 7) is 2.19. The monoisotopic (exact) mass is 290 g/mol. The van der Waals surface area contributed by atoms with Crippen molar-refractivity contribution in [3.05, 3.63) is 39.4 Å². The van der Waals surface area contributed by atoms with Crippen LogP contribution in [0, 0.1) is 12.8 Å². The lowest BCUT2D eigenvalue weighted by atomic mass is 9.82. The van der Waals surface area contributed by atoms with Gasteiger partial charge in [-0.05, 0) is 42.4 Å². The summed E-state index contributed by atoms with van der Waals surface area (Å²) in [4.78, 5) is 0. The number of allylic oxidation sites excluding steroid dienone is 2. The van der Waals surface area contributed by atoms with Crippen molar-refractivity contribution >= 4 is 21.5 Å². The third kappa shape index (κ3) is 2.10. The van der Waals surface area contributed by atoms with Crippen LogP contribution in [-0.2, 0) is 6.42 Å². The lowest BCUT2D eigenvalue weighted by Crippen LogP contribution is -2.08. The van der Waals surface area contributed by atoms with Gasteiger partial charge >= 0.3 is 0 Å². The van der Waals surface area contributed by atoms with E-state index in [9.17, 15) is 0 Å². The molecule has 0 spiro atoms. The highest BCUT2D eigenvalue weighted by Crippen LogP contribution is 2.45. The molecule has 2 aliphatic carbocycles. The van der Waals surface area contributed by atoms with Crippen molar-refractivity contribution in [3.63, 3.8) is 0 Å². The first-order valence-corrected chi connectivity index (χ1v) is 7.53. The molecule has 2 aliphatic rings. The molecule has 0 aromatic heterocycles. The summed E-state index contributed by atoms with van der Waals surface area (Å²) in [7, 11) is 0. The summed E-state index contributed by atoms with van der Waals surface area (Å²) >= 11 is 3.83. The molecule has 1 aromatic carbocycles. The van der Waals surface area contributed by atoms with Crippen LogP contribution in [0.15, 0.2) is 22.7 Å². The largest absolute Gasteiger partial charge is 0.0587 e. The molecule has 0 saturated heterocycles. The predicted molar refractivity (Wildman–Crippen MR) is 77.3 cm³/mol. The predicted octanol–water partition coefficient (Wildman–Crippen LogP) is 5.24. The van der Waals surface area contributed by atoms with Gasteiger partial charge in [-0.1, -0.05) is 59.0 Å². The molecule has 1 aromatic rings. The van der Waals surface area contributed by atoms with E-state index in [0.717, 1.165) is 12.3 Å². The molecule has 0 radical (unpaired) electrons. The summed E-state index contributed by atoms with van der Waals surface area (Å²) < 4.78 is 1.45. The molecule has 1 heteroatoms. The smallest absolute Gasteiger partial charge is 0.00499 e. The molecule has 0 heterocycles. The standard InChI is InChI=1S/C16H19Br/c1-11-7-8-14-13(9-11)10-15(17)16(14)12-5-3-2-4-6-12/h7-9,12H,2-6,10H2,1H3. The molecular formula is C16H19Br. The first-order valence-electron chi connectivity index (χ1n) is 6.74. The number of aryl methyl sites for hydroxylation is 1. The Morgan fingerprint density at radius 3 is 2.65 bits per heavy atom. The highest BCUT2D eigenvalue weighted by molar-refractivity contribution is 9.11.